The highest BCUT2D eigenvalue weighted by atomic mass is 16.2. The third kappa shape index (κ3) is 3.30. The van der Waals surface area contributed by atoms with Gasteiger partial charge in [-0.25, -0.2) is 4.98 Å². The van der Waals surface area contributed by atoms with Crippen LogP contribution in [0.2, 0.25) is 0 Å². The fourth-order valence-corrected chi connectivity index (χ4v) is 2.92. The van der Waals surface area contributed by atoms with Gasteiger partial charge in [0.05, 0.1) is 5.69 Å². The van der Waals surface area contributed by atoms with Crippen molar-refractivity contribution in [3.05, 3.63) is 29.0 Å². The SMILES string of the molecule is CC(C)c1cc(NC(=O)[C@@H]2CCc3nc(C(C)C)[nH]c3C2)n[nH]1. The Morgan fingerprint density at radius 2 is 2.09 bits per heavy atom. The summed E-state index contributed by atoms with van der Waals surface area (Å²) in [4.78, 5) is 20.5. The number of aromatic nitrogens is 4. The maximum Gasteiger partial charge on any atom is 0.229 e. The molecule has 1 aliphatic carbocycles. The first-order chi connectivity index (χ1) is 10.9. The predicted octanol–water partition coefficient (Wildman–Crippen LogP) is 3.12. The van der Waals surface area contributed by atoms with Gasteiger partial charge in [0.15, 0.2) is 5.82 Å². The zero-order chi connectivity index (χ0) is 16.6. The molecule has 0 saturated carbocycles. The fraction of sp³-hybridized carbons (Fsp3) is 0.588. The van der Waals surface area contributed by atoms with E-state index in [1.807, 2.05) is 6.07 Å². The van der Waals surface area contributed by atoms with Gasteiger partial charge in [-0.3, -0.25) is 9.89 Å². The number of carbonyl (C=O) groups excluding carboxylic acids is 1. The van der Waals surface area contributed by atoms with Crippen LogP contribution in [0.15, 0.2) is 6.07 Å². The highest BCUT2D eigenvalue weighted by molar-refractivity contribution is 5.92. The lowest BCUT2D eigenvalue weighted by Crippen LogP contribution is -2.28. The quantitative estimate of drug-likeness (QED) is 0.810. The molecule has 3 N–H and O–H groups in total. The molecule has 1 aliphatic rings. The van der Waals surface area contributed by atoms with Crippen molar-refractivity contribution in [2.45, 2.75) is 58.8 Å². The molecule has 3 rings (SSSR count). The Morgan fingerprint density at radius 3 is 2.74 bits per heavy atom. The Kier molecular flexibility index (Phi) is 4.24. The Hall–Kier alpha value is -2.11. The lowest BCUT2D eigenvalue weighted by molar-refractivity contribution is -0.120. The number of nitrogens with one attached hydrogen (secondary N) is 3. The molecule has 6 heteroatoms. The number of amides is 1. The van der Waals surface area contributed by atoms with Gasteiger partial charge in [0.2, 0.25) is 5.91 Å². The highest BCUT2D eigenvalue weighted by Crippen LogP contribution is 2.27. The van der Waals surface area contributed by atoms with Crippen LogP contribution in [0.3, 0.4) is 0 Å². The number of nitrogens with zero attached hydrogens (tertiary/aromatic N) is 2. The molecule has 1 atom stereocenters. The average Bonchev–Trinajstić information content (AvgIpc) is 3.12. The summed E-state index contributed by atoms with van der Waals surface area (Å²) in [5.41, 5.74) is 3.27. The molecule has 0 fully saturated rings. The molecule has 0 radical (unpaired) electrons. The van der Waals surface area contributed by atoms with Crippen molar-refractivity contribution in [2.24, 2.45) is 5.92 Å². The van der Waals surface area contributed by atoms with Gasteiger partial charge in [0.25, 0.3) is 0 Å². The summed E-state index contributed by atoms with van der Waals surface area (Å²) in [5.74, 6) is 2.39. The predicted molar refractivity (Wildman–Crippen MR) is 89.5 cm³/mol. The number of H-pyrrole nitrogens is 2. The second kappa shape index (κ2) is 6.18. The van der Waals surface area contributed by atoms with Crippen LogP contribution >= 0.6 is 0 Å². The molecule has 0 bridgehead atoms. The monoisotopic (exact) mass is 315 g/mol. The van der Waals surface area contributed by atoms with Gasteiger partial charge in [-0.05, 0) is 18.8 Å². The third-order valence-electron chi connectivity index (χ3n) is 4.45. The molecule has 6 nitrogen and oxygen atoms in total. The van der Waals surface area contributed by atoms with E-state index in [1.54, 1.807) is 0 Å². The fourth-order valence-electron chi connectivity index (χ4n) is 2.92. The second-order valence-electron chi connectivity index (χ2n) is 6.99. The van der Waals surface area contributed by atoms with E-state index in [9.17, 15) is 4.79 Å². The summed E-state index contributed by atoms with van der Waals surface area (Å²) in [7, 11) is 0. The molecule has 0 saturated heterocycles. The van der Waals surface area contributed by atoms with Crippen LogP contribution in [0.1, 0.15) is 68.9 Å². The van der Waals surface area contributed by atoms with Crippen LogP contribution in [0.4, 0.5) is 5.82 Å². The molecule has 0 aliphatic heterocycles. The lowest BCUT2D eigenvalue weighted by atomic mass is 9.89. The summed E-state index contributed by atoms with van der Waals surface area (Å²) in [6.45, 7) is 8.43. The summed E-state index contributed by atoms with van der Waals surface area (Å²) < 4.78 is 0. The second-order valence-corrected chi connectivity index (χ2v) is 6.99. The first-order valence-corrected chi connectivity index (χ1v) is 8.37. The van der Waals surface area contributed by atoms with E-state index < -0.39 is 0 Å². The molecule has 124 valence electrons. The number of rotatable bonds is 4. The van der Waals surface area contributed by atoms with Gasteiger partial charge in [-0.15, -0.1) is 0 Å². The summed E-state index contributed by atoms with van der Waals surface area (Å²) in [6.07, 6.45) is 2.42. The Morgan fingerprint density at radius 1 is 1.30 bits per heavy atom. The molecule has 0 unspecified atom stereocenters. The van der Waals surface area contributed by atoms with E-state index in [4.69, 9.17) is 0 Å². The summed E-state index contributed by atoms with van der Waals surface area (Å²) >= 11 is 0. The van der Waals surface area contributed by atoms with Gasteiger partial charge in [0, 0.05) is 35.7 Å². The van der Waals surface area contributed by atoms with Crippen molar-refractivity contribution in [1.82, 2.24) is 20.2 Å². The van der Waals surface area contributed by atoms with Gasteiger partial charge in [0.1, 0.15) is 5.82 Å². The number of carbonyl (C=O) groups is 1. The average molecular weight is 315 g/mol. The molecule has 0 aromatic carbocycles. The minimum absolute atomic E-state index is 0.0258. The first kappa shape index (κ1) is 15.8. The zero-order valence-electron chi connectivity index (χ0n) is 14.2. The van der Waals surface area contributed by atoms with E-state index in [2.05, 4.69) is 53.2 Å². The van der Waals surface area contributed by atoms with Crippen molar-refractivity contribution in [2.75, 3.05) is 5.32 Å². The van der Waals surface area contributed by atoms with E-state index in [1.165, 1.54) is 0 Å². The number of aromatic amines is 2. The van der Waals surface area contributed by atoms with E-state index in [0.717, 1.165) is 42.2 Å². The van der Waals surface area contributed by atoms with Crippen molar-refractivity contribution < 1.29 is 4.79 Å². The number of fused-ring (bicyclic) bond motifs is 1. The summed E-state index contributed by atoms with van der Waals surface area (Å²) in [5, 5.41) is 10.1. The normalized spacial score (nSPS) is 17.6. The molecule has 0 spiro atoms. The topological polar surface area (TPSA) is 86.5 Å². The van der Waals surface area contributed by atoms with Gasteiger partial charge in [-0.1, -0.05) is 27.7 Å². The van der Waals surface area contributed by atoms with Crippen LogP contribution in [0.25, 0.3) is 0 Å². The van der Waals surface area contributed by atoms with Gasteiger partial charge in [-0.2, -0.15) is 5.10 Å². The molecule has 1 amide bonds. The lowest BCUT2D eigenvalue weighted by Gasteiger charge is -2.19. The molecular weight excluding hydrogens is 290 g/mol. The highest BCUT2D eigenvalue weighted by Gasteiger charge is 2.28. The van der Waals surface area contributed by atoms with Crippen molar-refractivity contribution in [3.63, 3.8) is 0 Å². The van der Waals surface area contributed by atoms with E-state index in [-0.39, 0.29) is 11.8 Å². The number of hydrogen-bond acceptors (Lipinski definition) is 3. The number of hydrogen-bond donors (Lipinski definition) is 3. The summed E-state index contributed by atoms with van der Waals surface area (Å²) in [6, 6.07) is 1.91. The first-order valence-electron chi connectivity index (χ1n) is 8.37. The van der Waals surface area contributed by atoms with Crippen molar-refractivity contribution in [3.8, 4) is 0 Å². The van der Waals surface area contributed by atoms with E-state index >= 15 is 0 Å². The van der Waals surface area contributed by atoms with Gasteiger partial charge >= 0.3 is 0 Å². The van der Waals surface area contributed by atoms with Crippen LogP contribution < -0.4 is 5.32 Å². The zero-order valence-corrected chi connectivity index (χ0v) is 14.2. The van der Waals surface area contributed by atoms with E-state index in [0.29, 0.717) is 17.7 Å². The minimum atomic E-state index is -0.0258. The van der Waals surface area contributed by atoms with Crippen LogP contribution in [0, 0.1) is 5.92 Å². The van der Waals surface area contributed by atoms with Crippen LogP contribution in [0.5, 0.6) is 0 Å². The smallest absolute Gasteiger partial charge is 0.229 e. The van der Waals surface area contributed by atoms with Gasteiger partial charge < -0.3 is 10.3 Å². The van der Waals surface area contributed by atoms with Crippen molar-refractivity contribution in [1.29, 1.82) is 0 Å². The third-order valence-corrected chi connectivity index (χ3v) is 4.45. The molecule has 2 aromatic rings. The molecule has 2 aromatic heterocycles. The number of aryl methyl sites for hydroxylation is 1. The maximum atomic E-state index is 12.5. The molecule has 23 heavy (non-hydrogen) atoms. The number of imidazole rings is 1. The van der Waals surface area contributed by atoms with Crippen LogP contribution in [-0.4, -0.2) is 26.1 Å². The minimum Gasteiger partial charge on any atom is -0.345 e. The number of anilines is 1. The Labute approximate surface area is 136 Å². The van der Waals surface area contributed by atoms with Crippen molar-refractivity contribution >= 4 is 11.7 Å². The largest absolute Gasteiger partial charge is 0.345 e. The van der Waals surface area contributed by atoms with Crippen LogP contribution in [-0.2, 0) is 17.6 Å². The molecule has 2 heterocycles. The Bertz CT molecular complexity index is 698. The maximum absolute atomic E-state index is 12.5. The standard InChI is InChI=1S/C17H25N5O/c1-9(2)13-8-15(22-21-13)20-17(23)11-5-6-12-14(7-11)19-16(18-12)10(3)4/h8-11H,5-7H2,1-4H3,(H,18,19)(H2,20,21,22,23)/t11-/m1/s1. The molecular formula is C17H25N5O. The Balaban J connectivity index is 1.66.